The Hall–Kier alpha value is -1.75. The van der Waals surface area contributed by atoms with Gasteiger partial charge in [0.15, 0.2) is 6.07 Å². The van der Waals surface area contributed by atoms with Gasteiger partial charge in [0.05, 0.1) is 0 Å². The van der Waals surface area contributed by atoms with Crippen molar-refractivity contribution in [3.63, 3.8) is 0 Å². The van der Waals surface area contributed by atoms with Crippen LogP contribution in [0.5, 0.6) is 0 Å². The highest BCUT2D eigenvalue weighted by atomic mass is 35.5. The molecule has 0 heterocycles. The number of esters is 1. The van der Waals surface area contributed by atoms with Crippen molar-refractivity contribution in [3.8, 4) is 0 Å². The van der Waals surface area contributed by atoms with Crippen LogP contribution < -0.4 is 4.90 Å². The van der Waals surface area contributed by atoms with Gasteiger partial charge in [0, 0.05) is 5.69 Å². The first-order chi connectivity index (χ1) is 9.33. The van der Waals surface area contributed by atoms with Gasteiger partial charge in [-0.15, -0.1) is 0 Å². The van der Waals surface area contributed by atoms with Crippen molar-refractivity contribution in [2.75, 3.05) is 17.5 Å². The van der Waals surface area contributed by atoms with Crippen LogP contribution in [0, 0.1) is 0 Å². The molecule has 0 saturated carbocycles. The fourth-order valence-corrected chi connectivity index (χ4v) is 1.54. The van der Waals surface area contributed by atoms with Crippen LogP contribution in [0.2, 0.25) is 0 Å². The Balaban J connectivity index is 2.90. The van der Waals surface area contributed by atoms with E-state index in [0.717, 1.165) is 0 Å². The number of benzene rings is 1. The van der Waals surface area contributed by atoms with Crippen molar-refractivity contribution < 1.29 is 19.1 Å². The predicted octanol–water partition coefficient (Wildman–Crippen LogP) is 3.17. The molecule has 0 aliphatic carbocycles. The van der Waals surface area contributed by atoms with E-state index >= 15 is 0 Å². The molecule has 0 unspecified atom stereocenters. The first-order valence-electron chi connectivity index (χ1n) is 6.10. The van der Waals surface area contributed by atoms with E-state index in [1.165, 1.54) is 4.90 Å². The van der Waals surface area contributed by atoms with E-state index in [2.05, 4.69) is 4.74 Å². The van der Waals surface area contributed by atoms with Gasteiger partial charge in [-0.05, 0) is 32.9 Å². The van der Waals surface area contributed by atoms with Crippen LogP contribution in [0.4, 0.5) is 10.5 Å². The van der Waals surface area contributed by atoms with E-state index < -0.39 is 17.7 Å². The third-order valence-electron chi connectivity index (χ3n) is 2.18. The van der Waals surface area contributed by atoms with Gasteiger partial charge >= 0.3 is 12.1 Å². The van der Waals surface area contributed by atoms with Gasteiger partial charge in [0.25, 0.3) is 0 Å². The second-order valence-electron chi connectivity index (χ2n) is 5.03. The predicted molar refractivity (Wildman–Crippen MR) is 76.8 cm³/mol. The van der Waals surface area contributed by atoms with Crippen molar-refractivity contribution in [2.24, 2.45) is 0 Å². The molecule has 5 nitrogen and oxygen atoms in total. The van der Waals surface area contributed by atoms with Crippen LogP contribution in [0.1, 0.15) is 20.8 Å². The van der Waals surface area contributed by atoms with E-state index in [-0.39, 0.29) is 12.6 Å². The fraction of sp³-hybridized carbons (Fsp3) is 0.429. The molecule has 1 aromatic rings. The fourth-order valence-electron chi connectivity index (χ4n) is 1.42. The van der Waals surface area contributed by atoms with E-state index in [9.17, 15) is 9.59 Å². The molecule has 0 spiro atoms. The molecule has 20 heavy (non-hydrogen) atoms. The summed E-state index contributed by atoms with van der Waals surface area (Å²) in [6.45, 7) is 5.01. The second kappa shape index (κ2) is 7.14. The molecule has 6 heteroatoms. The molecule has 1 rings (SSSR count). The van der Waals surface area contributed by atoms with Crippen LogP contribution in [0.25, 0.3) is 0 Å². The number of alkyl halides is 1. The number of carbonyl (C=O) groups is 2. The summed E-state index contributed by atoms with van der Waals surface area (Å²) in [6, 6.07) is 8.50. The summed E-state index contributed by atoms with van der Waals surface area (Å²) < 4.78 is 9.93. The minimum Gasteiger partial charge on any atom is -0.448 e. The molecular formula is C14H18ClNO4. The lowest BCUT2D eigenvalue weighted by Gasteiger charge is -2.26. The second-order valence-corrected chi connectivity index (χ2v) is 5.25. The Bertz CT molecular complexity index is 456. The molecule has 0 radical (unpaired) electrons. The zero-order valence-corrected chi connectivity index (χ0v) is 12.5. The van der Waals surface area contributed by atoms with Crippen LogP contribution in [-0.2, 0) is 14.3 Å². The van der Waals surface area contributed by atoms with Crippen molar-refractivity contribution in [2.45, 2.75) is 26.4 Å². The number of nitrogens with zero attached hydrogens (tertiary/aromatic N) is 1. The van der Waals surface area contributed by atoms with Crippen molar-refractivity contribution in [1.82, 2.24) is 0 Å². The lowest BCUT2D eigenvalue weighted by molar-refractivity contribution is -0.139. The number of ether oxygens (including phenoxy) is 2. The van der Waals surface area contributed by atoms with Crippen LogP contribution in [0.15, 0.2) is 30.3 Å². The number of rotatable bonds is 4. The van der Waals surface area contributed by atoms with Gasteiger partial charge < -0.3 is 9.47 Å². The quantitative estimate of drug-likeness (QED) is 0.633. The molecule has 0 fully saturated rings. The number of hydrogen-bond donors (Lipinski definition) is 0. The maximum Gasteiger partial charge on any atom is 0.415 e. The van der Waals surface area contributed by atoms with Crippen LogP contribution >= 0.6 is 11.6 Å². The third kappa shape index (κ3) is 5.48. The monoisotopic (exact) mass is 299 g/mol. The Morgan fingerprint density at radius 1 is 1.20 bits per heavy atom. The molecule has 0 aliphatic rings. The van der Waals surface area contributed by atoms with Gasteiger partial charge in [-0.3, -0.25) is 9.69 Å². The van der Waals surface area contributed by atoms with Gasteiger partial charge in [0.2, 0.25) is 0 Å². The highest BCUT2D eigenvalue weighted by Crippen LogP contribution is 2.17. The number of carbonyl (C=O) groups excluding carboxylic acids is 2. The maximum absolute atomic E-state index is 12.2. The van der Waals surface area contributed by atoms with Crippen molar-refractivity contribution in [1.29, 1.82) is 0 Å². The SMILES string of the molecule is CC(C)(C)OC(=O)N(CC(=O)OCCl)c1ccccc1. The van der Waals surface area contributed by atoms with Gasteiger partial charge in [0.1, 0.15) is 12.1 Å². The maximum atomic E-state index is 12.2. The smallest absolute Gasteiger partial charge is 0.415 e. The Morgan fingerprint density at radius 3 is 2.30 bits per heavy atom. The number of anilines is 1. The van der Waals surface area contributed by atoms with Crippen LogP contribution in [0.3, 0.4) is 0 Å². The minimum atomic E-state index is -0.652. The molecular weight excluding hydrogens is 282 g/mol. The zero-order valence-electron chi connectivity index (χ0n) is 11.8. The first kappa shape index (κ1) is 16.3. The summed E-state index contributed by atoms with van der Waals surface area (Å²) in [5.41, 5.74) is -0.103. The highest BCUT2D eigenvalue weighted by Gasteiger charge is 2.25. The Labute approximate surface area is 123 Å². The molecule has 0 bridgehead atoms. The van der Waals surface area contributed by atoms with E-state index in [1.807, 2.05) is 6.07 Å². The first-order valence-corrected chi connectivity index (χ1v) is 6.64. The van der Waals surface area contributed by atoms with E-state index in [4.69, 9.17) is 16.3 Å². The molecule has 1 amide bonds. The molecule has 0 aromatic heterocycles. The van der Waals surface area contributed by atoms with Crippen LogP contribution in [-0.4, -0.2) is 30.3 Å². The lowest BCUT2D eigenvalue weighted by Crippen LogP contribution is -2.40. The van der Waals surface area contributed by atoms with Gasteiger partial charge in [-0.2, -0.15) is 0 Å². The minimum absolute atomic E-state index is 0.254. The number of amides is 1. The zero-order chi connectivity index (χ0) is 15.2. The standard InChI is InChI=1S/C14H18ClNO4/c1-14(2,3)20-13(18)16(9-12(17)19-10-15)11-7-5-4-6-8-11/h4-8H,9-10H2,1-3H3. The molecule has 0 saturated heterocycles. The number of hydrogen-bond acceptors (Lipinski definition) is 4. The number of halogens is 1. The Morgan fingerprint density at radius 2 is 1.80 bits per heavy atom. The largest absolute Gasteiger partial charge is 0.448 e. The third-order valence-corrected chi connectivity index (χ3v) is 2.29. The molecule has 0 atom stereocenters. The molecule has 1 aromatic carbocycles. The average molecular weight is 300 g/mol. The topological polar surface area (TPSA) is 55.8 Å². The summed E-state index contributed by atoms with van der Waals surface area (Å²) in [5, 5.41) is 0. The Kier molecular flexibility index (Phi) is 5.82. The summed E-state index contributed by atoms with van der Waals surface area (Å²) in [5.74, 6) is -0.602. The number of para-hydroxylation sites is 1. The molecule has 110 valence electrons. The summed E-state index contributed by atoms with van der Waals surface area (Å²) in [6.07, 6.45) is -0.616. The van der Waals surface area contributed by atoms with Crippen molar-refractivity contribution in [3.05, 3.63) is 30.3 Å². The van der Waals surface area contributed by atoms with Gasteiger partial charge in [-0.1, -0.05) is 29.8 Å². The summed E-state index contributed by atoms with van der Waals surface area (Å²) in [7, 11) is 0. The molecule has 0 aliphatic heterocycles. The van der Waals surface area contributed by atoms with Crippen molar-refractivity contribution >= 4 is 29.4 Å². The van der Waals surface area contributed by atoms with E-state index in [0.29, 0.717) is 5.69 Å². The summed E-state index contributed by atoms with van der Waals surface area (Å²) >= 11 is 5.33. The summed E-state index contributed by atoms with van der Waals surface area (Å²) in [4.78, 5) is 24.9. The molecule has 0 N–H and O–H groups in total. The van der Waals surface area contributed by atoms with Gasteiger partial charge in [-0.25, -0.2) is 4.79 Å². The highest BCUT2D eigenvalue weighted by molar-refractivity contribution is 6.17. The average Bonchev–Trinajstić information content (AvgIpc) is 2.35. The normalized spacial score (nSPS) is 10.8. The van der Waals surface area contributed by atoms with E-state index in [1.54, 1.807) is 45.0 Å². The lowest BCUT2D eigenvalue weighted by atomic mass is 10.2.